The van der Waals surface area contributed by atoms with Gasteiger partial charge < -0.3 is 14.5 Å². The number of hydrogen-bond acceptors (Lipinski definition) is 6. The van der Waals surface area contributed by atoms with Gasteiger partial charge in [0.2, 0.25) is 5.91 Å². The van der Waals surface area contributed by atoms with Gasteiger partial charge in [0, 0.05) is 49.6 Å². The minimum Gasteiger partial charge on any atom is -0.461 e. The number of nitrogens with zero attached hydrogens (tertiary/aromatic N) is 5. The molecule has 7 nitrogen and oxygen atoms in total. The highest BCUT2D eigenvalue weighted by atomic mass is 19.1. The van der Waals surface area contributed by atoms with E-state index in [1.807, 2.05) is 62.4 Å². The first-order valence-corrected chi connectivity index (χ1v) is 15.5. The molecule has 44 heavy (non-hydrogen) atoms. The lowest BCUT2D eigenvalue weighted by atomic mass is 9.94. The fourth-order valence-electron chi connectivity index (χ4n) is 7.62. The van der Waals surface area contributed by atoms with E-state index < -0.39 is 12.0 Å². The Morgan fingerprint density at radius 2 is 1.91 bits per heavy atom. The van der Waals surface area contributed by atoms with Crippen molar-refractivity contribution in [1.29, 1.82) is 0 Å². The highest BCUT2D eigenvalue weighted by molar-refractivity contribution is 6.02. The van der Waals surface area contributed by atoms with Crippen LogP contribution < -0.4 is 9.64 Å². The Labute approximate surface area is 256 Å². The van der Waals surface area contributed by atoms with E-state index >= 15 is 4.39 Å². The van der Waals surface area contributed by atoms with Gasteiger partial charge in [-0.05, 0) is 67.3 Å². The van der Waals surface area contributed by atoms with Crippen molar-refractivity contribution in [2.75, 3.05) is 44.2 Å². The summed E-state index contributed by atoms with van der Waals surface area (Å²) in [6, 6.07) is 15.7. The van der Waals surface area contributed by atoms with Crippen molar-refractivity contribution >= 4 is 33.4 Å². The summed E-state index contributed by atoms with van der Waals surface area (Å²) >= 11 is 0. The van der Waals surface area contributed by atoms with Crippen LogP contribution in [0, 0.1) is 12.7 Å². The highest BCUT2D eigenvalue weighted by Crippen LogP contribution is 2.41. The second-order valence-corrected chi connectivity index (χ2v) is 12.5. The van der Waals surface area contributed by atoms with Gasteiger partial charge in [0.15, 0.2) is 5.82 Å². The lowest BCUT2D eigenvalue weighted by Gasteiger charge is -2.40. The summed E-state index contributed by atoms with van der Waals surface area (Å²) in [5.74, 6) is 0.0146. The molecule has 9 heteroatoms. The van der Waals surface area contributed by atoms with E-state index in [4.69, 9.17) is 9.72 Å². The number of carbonyl (C=O) groups excluding carboxylic acids is 1. The normalized spacial score (nSPS) is 23.8. The van der Waals surface area contributed by atoms with Crippen LogP contribution >= 0.6 is 0 Å². The van der Waals surface area contributed by atoms with Gasteiger partial charge in [0.05, 0.1) is 5.54 Å². The number of aromatic nitrogens is 2. The largest absolute Gasteiger partial charge is 0.461 e. The number of halogens is 2. The number of benzene rings is 3. The van der Waals surface area contributed by atoms with Crippen molar-refractivity contribution in [3.8, 4) is 17.1 Å². The average molecular weight is 598 g/mol. The van der Waals surface area contributed by atoms with E-state index in [1.165, 1.54) is 6.08 Å². The molecule has 0 radical (unpaired) electrons. The van der Waals surface area contributed by atoms with Crippen LogP contribution in [-0.4, -0.2) is 82.8 Å². The number of piperazine rings is 1. The van der Waals surface area contributed by atoms with E-state index in [-0.39, 0.29) is 35.6 Å². The van der Waals surface area contributed by atoms with Crippen molar-refractivity contribution in [2.24, 2.45) is 0 Å². The van der Waals surface area contributed by atoms with Gasteiger partial charge in [0.1, 0.15) is 24.1 Å². The van der Waals surface area contributed by atoms with Gasteiger partial charge in [-0.2, -0.15) is 9.97 Å². The van der Waals surface area contributed by atoms with Crippen molar-refractivity contribution in [3.05, 3.63) is 72.6 Å². The van der Waals surface area contributed by atoms with Gasteiger partial charge in [-0.3, -0.25) is 9.69 Å². The van der Waals surface area contributed by atoms with E-state index in [1.54, 1.807) is 4.90 Å². The van der Waals surface area contributed by atoms with Crippen molar-refractivity contribution in [2.45, 2.75) is 50.9 Å². The topological polar surface area (TPSA) is 61.8 Å². The van der Waals surface area contributed by atoms with Gasteiger partial charge >= 0.3 is 6.01 Å². The van der Waals surface area contributed by atoms with Crippen molar-refractivity contribution in [3.63, 3.8) is 0 Å². The van der Waals surface area contributed by atoms with Gasteiger partial charge in [-0.25, -0.2) is 8.78 Å². The number of ether oxygens (including phenoxy) is 1. The van der Waals surface area contributed by atoms with Crippen molar-refractivity contribution in [1.82, 2.24) is 19.8 Å². The molecule has 1 aromatic heterocycles. The van der Waals surface area contributed by atoms with Crippen LogP contribution in [0.3, 0.4) is 0 Å². The predicted molar refractivity (Wildman–Crippen MR) is 169 cm³/mol. The van der Waals surface area contributed by atoms with Gasteiger partial charge in [0.25, 0.3) is 0 Å². The van der Waals surface area contributed by atoms with Gasteiger partial charge in [-0.15, -0.1) is 0 Å². The van der Waals surface area contributed by atoms with E-state index in [2.05, 4.69) is 21.4 Å². The highest BCUT2D eigenvalue weighted by Gasteiger charge is 2.49. The summed E-state index contributed by atoms with van der Waals surface area (Å²) < 4.78 is 37.5. The molecule has 0 N–H and O–H groups in total. The van der Waals surface area contributed by atoms with Crippen LogP contribution in [-0.2, 0) is 4.79 Å². The zero-order valence-electron chi connectivity index (χ0n) is 25.2. The minimum atomic E-state index is -0.883. The Balaban J connectivity index is 1.33. The molecule has 3 aliphatic heterocycles. The molecular weight excluding hydrogens is 560 g/mol. The maximum absolute atomic E-state index is 16.8. The molecule has 3 saturated heterocycles. The quantitative estimate of drug-likeness (QED) is 0.251. The number of amides is 1. The predicted octanol–water partition coefficient (Wildman–Crippen LogP) is 6.08. The first-order valence-electron chi connectivity index (χ1n) is 15.5. The molecule has 0 bridgehead atoms. The second-order valence-electron chi connectivity index (χ2n) is 12.5. The molecule has 4 heterocycles. The third kappa shape index (κ3) is 4.78. The lowest BCUT2D eigenvalue weighted by Crippen LogP contribution is -2.53. The number of fused-ring (bicyclic) bond motifs is 3. The number of hydrogen-bond donors (Lipinski definition) is 0. The Kier molecular flexibility index (Phi) is 7.23. The summed E-state index contributed by atoms with van der Waals surface area (Å²) in [6.07, 6.45) is 2.71. The molecule has 3 aromatic carbocycles. The molecule has 228 valence electrons. The summed E-state index contributed by atoms with van der Waals surface area (Å²) in [4.78, 5) is 27.9. The summed E-state index contributed by atoms with van der Waals surface area (Å²) in [5.41, 5.74) is 2.12. The molecule has 3 aliphatic rings. The number of rotatable bonds is 6. The summed E-state index contributed by atoms with van der Waals surface area (Å²) in [5, 5.41) is 2.62. The second kappa shape index (κ2) is 11.1. The molecule has 0 unspecified atom stereocenters. The van der Waals surface area contributed by atoms with E-state index in [9.17, 15) is 9.18 Å². The van der Waals surface area contributed by atoms with Crippen LogP contribution in [0.2, 0.25) is 0 Å². The SMILES string of the molecule is C=CC(=O)N1CCN(c2nc(OC[C@@]34CCCN3C[C@H](F)C4)nc3c(F)c(-c4cccc5cccc(C)c45)ccc23)[C@H](C)C1. The molecule has 0 spiro atoms. The van der Waals surface area contributed by atoms with Crippen LogP contribution in [0.25, 0.3) is 32.8 Å². The first-order chi connectivity index (χ1) is 21.3. The number of carbonyl (C=O) groups is 1. The third-order valence-corrected chi connectivity index (χ3v) is 9.79. The summed E-state index contributed by atoms with van der Waals surface area (Å²) in [7, 11) is 0. The van der Waals surface area contributed by atoms with Crippen LogP contribution in [0.1, 0.15) is 31.7 Å². The molecule has 7 rings (SSSR count). The maximum atomic E-state index is 16.8. The fourth-order valence-corrected chi connectivity index (χ4v) is 7.62. The lowest BCUT2D eigenvalue weighted by molar-refractivity contribution is -0.126. The third-order valence-electron chi connectivity index (χ3n) is 9.79. The van der Waals surface area contributed by atoms with E-state index in [0.29, 0.717) is 49.4 Å². The zero-order valence-corrected chi connectivity index (χ0v) is 25.2. The molecule has 3 atom stereocenters. The van der Waals surface area contributed by atoms with Crippen LogP contribution in [0.4, 0.5) is 14.6 Å². The fraction of sp³-hybridized carbons (Fsp3) is 0.400. The number of alkyl halides is 1. The van der Waals surface area contributed by atoms with Gasteiger partial charge in [-0.1, -0.05) is 49.0 Å². The minimum absolute atomic E-state index is 0.0815. The molecular formula is C35H37F2N5O2. The monoisotopic (exact) mass is 597 g/mol. The average Bonchev–Trinajstić information content (AvgIpc) is 3.55. The summed E-state index contributed by atoms with van der Waals surface area (Å²) in [6.45, 7) is 10.7. The Morgan fingerprint density at radius 3 is 2.70 bits per heavy atom. The standard InChI is InChI=1S/C35H37F2N5O2/c1-4-29(43)40-16-17-42(23(3)19-40)33-28-13-12-27(26-11-6-10-24-9-5-8-22(2)30(24)26)31(37)32(28)38-34(39-33)44-21-35-14-7-15-41(35)20-25(36)18-35/h4-6,8-13,23,25H,1,7,14-21H2,2-3H3/t23-,25-,35+/m1/s1. The first kappa shape index (κ1) is 28.6. The van der Waals surface area contributed by atoms with Crippen LogP contribution in [0.5, 0.6) is 6.01 Å². The molecule has 1 amide bonds. The number of anilines is 1. The Morgan fingerprint density at radius 1 is 1.09 bits per heavy atom. The maximum Gasteiger partial charge on any atom is 0.319 e. The molecule has 3 fully saturated rings. The Bertz CT molecular complexity index is 1770. The zero-order chi connectivity index (χ0) is 30.6. The van der Waals surface area contributed by atoms with Crippen molar-refractivity contribution < 1.29 is 18.3 Å². The van der Waals surface area contributed by atoms with Crippen LogP contribution in [0.15, 0.2) is 61.2 Å². The molecule has 0 saturated carbocycles. The smallest absolute Gasteiger partial charge is 0.319 e. The number of aryl methyl sites for hydroxylation is 1. The molecule has 0 aliphatic carbocycles. The molecule has 4 aromatic rings. The Hall–Kier alpha value is -4.11. The van der Waals surface area contributed by atoms with E-state index in [0.717, 1.165) is 41.3 Å².